The average Bonchev–Trinajstić information content (AvgIpc) is 3.07. The normalized spacial score (nSPS) is 15.2. The van der Waals surface area contributed by atoms with Crippen LogP contribution >= 0.6 is 11.3 Å². The van der Waals surface area contributed by atoms with Gasteiger partial charge >= 0.3 is 0 Å². The number of likely N-dealkylation sites (tertiary alicyclic amines) is 1. The highest BCUT2D eigenvalue weighted by Gasteiger charge is 2.26. The van der Waals surface area contributed by atoms with Crippen molar-refractivity contribution in [3.05, 3.63) is 34.5 Å². The molecule has 0 unspecified atom stereocenters. The molecule has 1 saturated heterocycles. The fourth-order valence-electron chi connectivity index (χ4n) is 2.69. The Balaban J connectivity index is 2.11. The molecule has 1 aromatic heterocycles. The first-order chi connectivity index (χ1) is 9.72. The molecule has 1 aromatic carbocycles. The Morgan fingerprint density at radius 2 is 2.15 bits per heavy atom. The van der Waals surface area contributed by atoms with E-state index in [1.165, 1.54) is 17.4 Å². The molecule has 2 aromatic rings. The minimum absolute atomic E-state index is 0.00940. The number of benzene rings is 1. The Morgan fingerprint density at radius 3 is 2.85 bits per heavy atom. The number of ether oxygens (including phenoxy) is 1. The van der Waals surface area contributed by atoms with Gasteiger partial charge in [0.05, 0.1) is 11.5 Å². The molecule has 0 N–H and O–H groups in total. The third kappa shape index (κ3) is 2.21. The van der Waals surface area contributed by atoms with Crippen LogP contribution < -0.4 is 0 Å². The van der Waals surface area contributed by atoms with E-state index in [4.69, 9.17) is 4.74 Å². The predicted molar refractivity (Wildman–Crippen MR) is 77.6 cm³/mol. The van der Waals surface area contributed by atoms with Crippen molar-refractivity contribution in [3.63, 3.8) is 0 Å². The maximum atomic E-state index is 14.1. The van der Waals surface area contributed by atoms with Gasteiger partial charge in [0.2, 0.25) is 0 Å². The predicted octanol–water partition coefficient (Wildman–Crippen LogP) is 3.42. The Labute approximate surface area is 121 Å². The molecular formula is C15H16FNO2S. The molecule has 2 heterocycles. The fraction of sp³-hybridized carbons (Fsp3) is 0.400. The molecule has 0 bridgehead atoms. The number of fused-ring (bicyclic) bond motifs is 1. The number of hydrogen-bond donors (Lipinski definition) is 0. The number of hydrogen-bond acceptors (Lipinski definition) is 3. The molecule has 1 aliphatic rings. The van der Waals surface area contributed by atoms with Crippen molar-refractivity contribution in [1.82, 2.24) is 4.90 Å². The van der Waals surface area contributed by atoms with E-state index < -0.39 is 0 Å². The third-order valence-electron chi connectivity index (χ3n) is 3.64. The third-order valence-corrected chi connectivity index (χ3v) is 4.82. The highest BCUT2D eigenvalue weighted by Crippen LogP contribution is 2.35. The second-order valence-electron chi connectivity index (χ2n) is 4.96. The zero-order chi connectivity index (χ0) is 14.1. The number of carbonyl (C=O) groups excluding carboxylic acids is 1. The highest BCUT2D eigenvalue weighted by molar-refractivity contribution is 7.21. The summed E-state index contributed by atoms with van der Waals surface area (Å²) >= 11 is 1.36. The second-order valence-corrected chi connectivity index (χ2v) is 6.01. The van der Waals surface area contributed by atoms with E-state index in [-0.39, 0.29) is 18.3 Å². The summed E-state index contributed by atoms with van der Waals surface area (Å²) in [7, 11) is 1.56. The van der Waals surface area contributed by atoms with Gasteiger partial charge in [-0.2, -0.15) is 0 Å². The number of thiophene rings is 1. The van der Waals surface area contributed by atoms with Crippen LogP contribution in [0.15, 0.2) is 18.2 Å². The number of carbonyl (C=O) groups is 1. The first-order valence-corrected chi connectivity index (χ1v) is 7.52. The van der Waals surface area contributed by atoms with Gasteiger partial charge in [0.25, 0.3) is 5.91 Å². The second kappa shape index (κ2) is 5.50. The van der Waals surface area contributed by atoms with Gasteiger partial charge in [0.1, 0.15) is 5.82 Å². The van der Waals surface area contributed by atoms with E-state index in [9.17, 15) is 9.18 Å². The zero-order valence-electron chi connectivity index (χ0n) is 11.3. The average molecular weight is 293 g/mol. The Hall–Kier alpha value is -1.46. The van der Waals surface area contributed by atoms with E-state index in [2.05, 4.69) is 0 Å². The summed E-state index contributed by atoms with van der Waals surface area (Å²) < 4.78 is 20.0. The summed E-state index contributed by atoms with van der Waals surface area (Å²) in [6, 6.07) is 4.95. The van der Waals surface area contributed by atoms with Gasteiger partial charge in [-0.1, -0.05) is 6.07 Å². The van der Waals surface area contributed by atoms with Crippen LogP contribution in [0.3, 0.4) is 0 Å². The lowest BCUT2D eigenvalue weighted by Gasteiger charge is -2.15. The molecule has 1 aliphatic heterocycles. The summed E-state index contributed by atoms with van der Waals surface area (Å²) in [6.07, 6.45) is 2.09. The van der Waals surface area contributed by atoms with Gasteiger partial charge in [-0.25, -0.2) is 4.39 Å². The summed E-state index contributed by atoms with van der Waals surface area (Å²) in [4.78, 5) is 15.1. The highest BCUT2D eigenvalue weighted by atomic mass is 32.1. The minimum atomic E-state index is -0.286. The van der Waals surface area contributed by atoms with Crippen molar-refractivity contribution in [2.45, 2.75) is 19.4 Å². The van der Waals surface area contributed by atoms with Gasteiger partial charge in [-0.15, -0.1) is 11.3 Å². The molecule has 0 spiro atoms. The fourth-order valence-corrected chi connectivity index (χ4v) is 3.88. The first kappa shape index (κ1) is 13.5. The van der Waals surface area contributed by atoms with E-state index in [0.717, 1.165) is 30.6 Å². The zero-order valence-corrected chi connectivity index (χ0v) is 12.1. The summed E-state index contributed by atoms with van der Waals surface area (Å²) in [5, 5.41) is 0.530. The van der Waals surface area contributed by atoms with Crippen molar-refractivity contribution in [3.8, 4) is 0 Å². The molecule has 1 fully saturated rings. The molecule has 5 heteroatoms. The topological polar surface area (TPSA) is 29.5 Å². The number of amides is 1. The van der Waals surface area contributed by atoms with Crippen molar-refractivity contribution in [1.29, 1.82) is 0 Å². The number of methoxy groups -OCH3 is 1. The molecular weight excluding hydrogens is 277 g/mol. The molecule has 3 rings (SSSR count). The Kier molecular flexibility index (Phi) is 3.72. The lowest BCUT2D eigenvalue weighted by Crippen LogP contribution is -2.27. The van der Waals surface area contributed by atoms with Crippen LogP contribution in [0.5, 0.6) is 0 Å². The van der Waals surface area contributed by atoms with Gasteiger partial charge < -0.3 is 9.64 Å². The quantitative estimate of drug-likeness (QED) is 0.868. The standard InChI is InChI=1S/C15H16FNO2S/c1-19-9-10-13-11(16)5-4-6-12(13)20-14(10)15(18)17-7-2-3-8-17/h4-6H,2-3,7-9H2,1H3. The lowest BCUT2D eigenvalue weighted by atomic mass is 10.1. The van der Waals surface area contributed by atoms with Gasteiger partial charge in [-0.3, -0.25) is 4.79 Å². The van der Waals surface area contributed by atoms with Gasteiger partial charge in [-0.05, 0) is 25.0 Å². The minimum Gasteiger partial charge on any atom is -0.380 e. The first-order valence-electron chi connectivity index (χ1n) is 6.70. The largest absolute Gasteiger partial charge is 0.380 e. The molecule has 0 aliphatic carbocycles. The van der Waals surface area contributed by atoms with Crippen LogP contribution in [0.25, 0.3) is 10.1 Å². The number of rotatable bonds is 3. The SMILES string of the molecule is COCc1c(C(=O)N2CCCC2)sc2cccc(F)c12. The van der Waals surface area contributed by atoms with Crippen molar-refractivity contribution in [2.24, 2.45) is 0 Å². The monoisotopic (exact) mass is 293 g/mol. The molecule has 0 radical (unpaired) electrons. The molecule has 20 heavy (non-hydrogen) atoms. The Bertz CT molecular complexity index is 647. The Morgan fingerprint density at radius 1 is 1.40 bits per heavy atom. The van der Waals surface area contributed by atoms with Crippen LogP contribution in [0, 0.1) is 5.82 Å². The summed E-state index contributed by atoms with van der Waals surface area (Å²) in [5.41, 5.74) is 0.683. The maximum Gasteiger partial charge on any atom is 0.264 e. The van der Waals surface area contributed by atoms with E-state index >= 15 is 0 Å². The van der Waals surface area contributed by atoms with Crippen LogP contribution in [0.1, 0.15) is 28.1 Å². The van der Waals surface area contributed by atoms with Crippen LogP contribution in [0.4, 0.5) is 4.39 Å². The molecule has 1 amide bonds. The van der Waals surface area contributed by atoms with Gasteiger partial charge in [0.15, 0.2) is 0 Å². The molecule has 3 nitrogen and oxygen atoms in total. The molecule has 106 valence electrons. The maximum absolute atomic E-state index is 14.1. The van der Waals surface area contributed by atoms with Crippen molar-refractivity contribution < 1.29 is 13.9 Å². The smallest absolute Gasteiger partial charge is 0.264 e. The van der Waals surface area contributed by atoms with E-state index in [1.54, 1.807) is 13.2 Å². The van der Waals surface area contributed by atoms with E-state index in [0.29, 0.717) is 15.8 Å². The molecule has 0 atom stereocenters. The van der Waals surface area contributed by atoms with Crippen LogP contribution in [-0.4, -0.2) is 31.0 Å². The van der Waals surface area contributed by atoms with Gasteiger partial charge in [0, 0.05) is 35.8 Å². The van der Waals surface area contributed by atoms with Crippen LogP contribution in [0.2, 0.25) is 0 Å². The summed E-state index contributed by atoms with van der Waals surface area (Å²) in [6.45, 7) is 1.85. The van der Waals surface area contributed by atoms with Crippen molar-refractivity contribution >= 4 is 27.3 Å². The van der Waals surface area contributed by atoms with Crippen LogP contribution in [-0.2, 0) is 11.3 Å². The number of halogens is 1. The summed E-state index contributed by atoms with van der Waals surface area (Å²) in [5.74, 6) is -0.276. The lowest BCUT2D eigenvalue weighted by molar-refractivity contribution is 0.0793. The van der Waals surface area contributed by atoms with E-state index in [1.807, 2.05) is 11.0 Å². The van der Waals surface area contributed by atoms with Crippen molar-refractivity contribution in [2.75, 3.05) is 20.2 Å². The molecule has 0 saturated carbocycles. The number of nitrogens with zero attached hydrogens (tertiary/aromatic N) is 1.